The number of alkyl halides is 3. The van der Waals surface area contributed by atoms with Crippen LogP contribution >= 0.6 is 23.7 Å². The van der Waals surface area contributed by atoms with Gasteiger partial charge in [0.1, 0.15) is 10.5 Å². The first-order chi connectivity index (χ1) is 10.3. The lowest BCUT2D eigenvalue weighted by molar-refractivity contribution is -0.140. The first-order valence-electron chi connectivity index (χ1n) is 6.80. The number of amides is 1. The second kappa shape index (κ2) is 7.94. The van der Waals surface area contributed by atoms with E-state index < -0.39 is 11.9 Å². The normalized spacial score (nSPS) is 11.3. The molecule has 2 rings (SSSR count). The van der Waals surface area contributed by atoms with Crippen molar-refractivity contribution in [2.24, 2.45) is 0 Å². The topological polar surface area (TPSA) is 54.0 Å². The summed E-state index contributed by atoms with van der Waals surface area (Å²) in [7, 11) is 0. The van der Waals surface area contributed by atoms with Crippen LogP contribution in [0, 0.1) is 6.92 Å². The Balaban J connectivity index is 0.00000264. The summed E-state index contributed by atoms with van der Waals surface area (Å²) in [6.07, 6.45) is -4.49. The lowest BCUT2D eigenvalue weighted by atomic mass is 10.2. The predicted octanol–water partition coefficient (Wildman–Crippen LogP) is 3.38. The number of carbonyl (C=O) groups excluding carboxylic acids is 1. The van der Waals surface area contributed by atoms with E-state index in [0.717, 1.165) is 23.9 Å². The first-order valence-corrected chi connectivity index (χ1v) is 7.62. The number of pyridine rings is 1. The maximum atomic E-state index is 12.7. The standard InChI is InChI=1S/C14H16F3N3OS.ClH/c1-3-18-6-7-19-12(21)11-8(2)9-4-5-10(14(15,16)17)20-13(9)22-11;/h4-5,18H,3,6-7H2,1-2H3,(H,19,21);1H. The van der Waals surface area contributed by atoms with E-state index in [9.17, 15) is 18.0 Å². The molecule has 0 saturated carbocycles. The summed E-state index contributed by atoms with van der Waals surface area (Å²) < 4.78 is 38.0. The highest BCUT2D eigenvalue weighted by molar-refractivity contribution is 7.20. The fourth-order valence-electron chi connectivity index (χ4n) is 2.00. The summed E-state index contributed by atoms with van der Waals surface area (Å²) in [5.41, 5.74) is -0.289. The summed E-state index contributed by atoms with van der Waals surface area (Å²) in [5.74, 6) is -0.285. The molecule has 2 aromatic rings. The van der Waals surface area contributed by atoms with Crippen molar-refractivity contribution < 1.29 is 18.0 Å². The van der Waals surface area contributed by atoms with Crippen LogP contribution in [-0.4, -0.2) is 30.5 Å². The number of nitrogens with one attached hydrogen (secondary N) is 2. The van der Waals surface area contributed by atoms with Crippen molar-refractivity contribution in [1.82, 2.24) is 15.6 Å². The van der Waals surface area contributed by atoms with Gasteiger partial charge in [-0.25, -0.2) is 4.98 Å². The van der Waals surface area contributed by atoms with E-state index in [1.165, 1.54) is 6.07 Å². The van der Waals surface area contributed by atoms with Crippen LogP contribution in [0.15, 0.2) is 12.1 Å². The Morgan fingerprint density at radius 1 is 1.30 bits per heavy atom. The average molecular weight is 368 g/mol. The van der Waals surface area contributed by atoms with E-state index in [1.54, 1.807) is 6.92 Å². The molecule has 4 nitrogen and oxygen atoms in total. The number of aryl methyl sites for hydroxylation is 1. The summed E-state index contributed by atoms with van der Waals surface area (Å²) in [5, 5.41) is 6.39. The molecule has 2 heterocycles. The number of fused-ring (bicyclic) bond motifs is 1. The molecule has 0 radical (unpaired) electrons. The van der Waals surface area contributed by atoms with Crippen LogP contribution in [0.5, 0.6) is 0 Å². The van der Waals surface area contributed by atoms with Crippen LogP contribution in [0.1, 0.15) is 27.9 Å². The lowest BCUT2D eigenvalue weighted by Gasteiger charge is -2.04. The predicted molar refractivity (Wildman–Crippen MR) is 87.5 cm³/mol. The number of likely N-dealkylation sites (N-methyl/N-ethyl adjacent to an activating group) is 1. The molecule has 128 valence electrons. The van der Waals surface area contributed by atoms with E-state index >= 15 is 0 Å². The summed E-state index contributed by atoms with van der Waals surface area (Å²) in [6, 6.07) is 2.31. The zero-order valence-electron chi connectivity index (χ0n) is 12.6. The molecular weight excluding hydrogens is 351 g/mol. The number of thiophene rings is 1. The van der Waals surface area contributed by atoms with E-state index in [2.05, 4.69) is 15.6 Å². The second-order valence-corrected chi connectivity index (χ2v) is 5.71. The summed E-state index contributed by atoms with van der Waals surface area (Å²) >= 11 is 0.983. The lowest BCUT2D eigenvalue weighted by Crippen LogP contribution is -2.31. The quantitative estimate of drug-likeness (QED) is 0.796. The number of hydrogen-bond acceptors (Lipinski definition) is 4. The van der Waals surface area contributed by atoms with Crippen LogP contribution in [0.2, 0.25) is 0 Å². The SMILES string of the molecule is CCNCCNC(=O)c1sc2nc(C(F)(F)F)ccc2c1C.Cl. The van der Waals surface area contributed by atoms with Gasteiger partial charge in [-0.3, -0.25) is 4.79 Å². The molecule has 1 amide bonds. The van der Waals surface area contributed by atoms with Gasteiger partial charge < -0.3 is 10.6 Å². The first kappa shape index (κ1) is 19.7. The Hall–Kier alpha value is -1.38. The maximum absolute atomic E-state index is 12.7. The number of aromatic nitrogens is 1. The molecule has 0 aliphatic rings. The van der Waals surface area contributed by atoms with Gasteiger partial charge in [0.25, 0.3) is 5.91 Å². The van der Waals surface area contributed by atoms with Crippen LogP contribution in [0.25, 0.3) is 10.2 Å². The highest BCUT2D eigenvalue weighted by Crippen LogP contribution is 2.34. The Kier molecular flexibility index (Phi) is 6.79. The van der Waals surface area contributed by atoms with Crippen LogP contribution in [0.4, 0.5) is 13.2 Å². The van der Waals surface area contributed by atoms with E-state index in [4.69, 9.17) is 0 Å². The van der Waals surface area contributed by atoms with Crippen molar-refractivity contribution >= 4 is 39.9 Å². The molecule has 0 atom stereocenters. The van der Waals surface area contributed by atoms with Crippen molar-refractivity contribution in [1.29, 1.82) is 0 Å². The van der Waals surface area contributed by atoms with Gasteiger partial charge in [-0.1, -0.05) is 6.92 Å². The van der Waals surface area contributed by atoms with Crippen LogP contribution in [-0.2, 0) is 6.18 Å². The fourth-order valence-corrected chi connectivity index (χ4v) is 3.09. The summed E-state index contributed by atoms with van der Waals surface area (Å²) in [6.45, 7) is 5.58. The van der Waals surface area contributed by atoms with Gasteiger partial charge in [0.2, 0.25) is 0 Å². The van der Waals surface area contributed by atoms with Crippen molar-refractivity contribution in [3.63, 3.8) is 0 Å². The molecule has 0 aromatic carbocycles. The van der Waals surface area contributed by atoms with Gasteiger partial charge >= 0.3 is 6.18 Å². The van der Waals surface area contributed by atoms with E-state index in [-0.39, 0.29) is 23.1 Å². The molecule has 2 N–H and O–H groups in total. The van der Waals surface area contributed by atoms with Crippen molar-refractivity contribution in [3.8, 4) is 0 Å². The zero-order valence-corrected chi connectivity index (χ0v) is 14.2. The fraction of sp³-hybridized carbons (Fsp3) is 0.429. The van der Waals surface area contributed by atoms with Gasteiger partial charge in [-0.05, 0) is 31.2 Å². The number of hydrogen-bond donors (Lipinski definition) is 2. The number of rotatable bonds is 5. The minimum atomic E-state index is -4.49. The average Bonchev–Trinajstić information content (AvgIpc) is 2.79. The number of halogens is 4. The minimum absolute atomic E-state index is 0. The van der Waals surface area contributed by atoms with E-state index in [0.29, 0.717) is 28.9 Å². The van der Waals surface area contributed by atoms with Crippen molar-refractivity contribution in [2.75, 3.05) is 19.6 Å². The molecule has 9 heteroatoms. The molecular formula is C14H17ClF3N3OS. The third-order valence-electron chi connectivity index (χ3n) is 3.14. The van der Waals surface area contributed by atoms with Crippen LogP contribution < -0.4 is 10.6 Å². The molecule has 0 aliphatic heterocycles. The number of nitrogens with zero attached hydrogens (tertiary/aromatic N) is 1. The molecule has 23 heavy (non-hydrogen) atoms. The number of carbonyl (C=O) groups is 1. The highest BCUT2D eigenvalue weighted by Gasteiger charge is 2.33. The Labute approximate surface area is 141 Å². The molecule has 0 unspecified atom stereocenters. The molecule has 0 fully saturated rings. The van der Waals surface area contributed by atoms with Gasteiger partial charge in [-0.15, -0.1) is 23.7 Å². The third kappa shape index (κ3) is 4.55. The van der Waals surface area contributed by atoms with Crippen molar-refractivity contribution in [2.45, 2.75) is 20.0 Å². The zero-order chi connectivity index (χ0) is 16.3. The molecule has 0 bridgehead atoms. The van der Waals surface area contributed by atoms with Gasteiger partial charge in [0, 0.05) is 18.5 Å². The largest absolute Gasteiger partial charge is 0.433 e. The van der Waals surface area contributed by atoms with Crippen molar-refractivity contribution in [3.05, 3.63) is 28.3 Å². The minimum Gasteiger partial charge on any atom is -0.350 e. The maximum Gasteiger partial charge on any atom is 0.433 e. The molecule has 2 aromatic heterocycles. The highest BCUT2D eigenvalue weighted by atomic mass is 35.5. The Morgan fingerprint density at radius 2 is 2.00 bits per heavy atom. The third-order valence-corrected chi connectivity index (χ3v) is 4.34. The Morgan fingerprint density at radius 3 is 2.61 bits per heavy atom. The summed E-state index contributed by atoms with van der Waals surface area (Å²) in [4.78, 5) is 16.4. The van der Waals surface area contributed by atoms with Crippen LogP contribution in [0.3, 0.4) is 0 Å². The van der Waals surface area contributed by atoms with Gasteiger partial charge in [-0.2, -0.15) is 13.2 Å². The van der Waals surface area contributed by atoms with Gasteiger partial charge in [0.15, 0.2) is 0 Å². The molecule has 0 aliphatic carbocycles. The smallest absolute Gasteiger partial charge is 0.350 e. The monoisotopic (exact) mass is 367 g/mol. The van der Waals surface area contributed by atoms with E-state index in [1.807, 2.05) is 6.92 Å². The second-order valence-electron chi connectivity index (χ2n) is 4.71. The molecule has 0 spiro atoms. The molecule has 0 saturated heterocycles. The van der Waals surface area contributed by atoms with Gasteiger partial charge in [0.05, 0.1) is 4.88 Å². The Bertz CT molecular complexity index is 688.